The van der Waals surface area contributed by atoms with Gasteiger partial charge in [-0.25, -0.2) is 0 Å². The molecule has 1 saturated heterocycles. The van der Waals surface area contributed by atoms with Crippen molar-refractivity contribution in [3.63, 3.8) is 0 Å². The Bertz CT molecular complexity index is 459. The van der Waals surface area contributed by atoms with Gasteiger partial charge in [-0.2, -0.15) is 0 Å². The van der Waals surface area contributed by atoms with Crippen LogP contribution in [0.1, 0.15) is 15.9 Å². The van der Waals surface area contributed by atoms with Gasteiger partial charge in [-0.3, -0.25) is 9.69 Å². The van der Waals surface area contributed by atoms with Crippen molar-refractivity contribution < 1.29 is 9.53 Å². The van der Waals surface area contributed by atoms with E-state index in [-0.39, 0.29) is 0 Å². The highest BCUT2D eigenvalue weighted by Crippen LogP contribution is 2.10. The molecular weight excluding hydrogens is 232 g/mol. The van der Waals surface area contributed by atoms with Crippen LogP contribution in [0.4, 0.5) is 0 Å². The van der Waals surface area contributed by atoms with E-state index < -0.39 is 5.91 Å². The number of ether oxygens (including phenoxy) is 1. The first-order valence-corrected chi connectivity index (χ1v) is 5.78. The highest BCUT2D eigenvalue weighted by Gasteiger charge is 2.10. The number of amides is 1. The molecule has 1 aliphatic rings. The van der Waals surface area contributed by atoms with E-state index in [1.54, 1.807) is 12.1 Å². The molecule has 0 N–H and O–H groups in total. The fraction of sp³-hybridized carbons (Fsp3) is 0.417. The Labute approximate surface area is 105 Å². The Hall–Kier alpha value is -1.88. The van der Waals surface area contributed by atoms with Crippen molar-refractivity contribution in [3.8, 4) is 0 Å². The summed E-state index contributed by atoms with van der Waals surface area (Å²) in [6.45, 7) is 4.25. The summed E-state index contributed by atoms with van der Waals surface area (Å²) in [7, 11) is 0. The van der Waals surface area contributed by atoms with Crippen LogP contribution in [-0.4, -0.2) is 37.1 Å². The number of nitrogens with zero attached hydrogens (tertiary/aromatic N) is 4. The van der Waals surface area contributed by atoms with E-state index in [9.17, 15) is 4.79 Å². The Balaban J connectivity index is 1.98. The highest BCUT2D eigenvalue weighted by molar-refractivity contribution is 5.94. The molecule has 0 spiro atoms. The number of hydrogen-bond donors (Lipinski definition) is 0. The summed E-state index contributed by atoms with van der Waals surface area (Å²) in [6, 6.07) is 7.14. The van der Waals surface area contributed by atoms with Crippen LogP contribution in [-0.2, 0) is 11.3 Å². The molecule has 0 radical (unpaired) electrons. The van der Waals surface area contributed by atoms with Crippen molar-refractivity contribution in [1.29, 1.82) is 0 Å². The second-order valence-electron chi connectivity index (χ2n) is 4.08. The van der Waals surface area contributed by atoms with Gasteiger partial charge < -0.3 is 4.74 Å². The molecule has 0 bridgehead atoms. The molecule has 1 heterocycles. The maximum absolute atomic E-state index is 11.3. The molecule has 18 heavy (non-hydrogen) atoms. The summed E-state index contributed by atoms with van der Waals surface area (Å²) < 4.78 is 5.28. The minimum Gasteiger partial charge on any atom is -0.379 e. The minimum absolute atomic E-state index is 0.415. The average Bonchev–Trinajstić information content (AvgIpc) is 2.41. The molecule has 0 aliphatic carbocycles. The van der Waals surface area contributed by atoms with Gasteiger partial charge in [-0.1, -0.05) is 24.3 Å². The number of rotatable bonds is 3. The highest BCUT2D eigenvalue weighted by atomic mass is 16.5. The van der Waals surface area contributed by atoms with Crippen LogP contribution < -0.4 is 0 Å². The molecule has 1 fully saturated rings. The molecule has 1 aromatic carbocycles. The van der Waals surface area contributed by atoms with Gasteiger partial charge in [0.2, 0.25) is 5.91 Å². The van der Waals surface area contributed by atoms with Gasteiger partial charge in [-0.05, 0) is 16.2 Å². The normalized spacial score (nSPS) is 16.0. The Morgan fingerprint density at radius 3 is 2.61 bits per heavy atom. The summed E-state index contributed by atoms with van der Waals surface area (Å²) in [5, 5.41) is 3.05. The van der Waals surface area contributed by atoms with E-state index in [1.807, 2.05) is 12.1 Å². The molecule has 1 aromatic rings. The zero-order chi connectivity index (χ0) is 12.8. The van der Waals surface area contributed by atoms with Crippen LogP contribution >= 0.6 is 0 Å². The lowest BCUT2D eigenvalue weighted by molar-refractivity contribution is 0.0342. The molecule has 0 saturated carbocycles. The maximum Gasteiger partial charge on any atom is 0.249 e. The first-order valence-electron chi connectivity index (χ1n) is 5.78. The SMILES string of the molecule is [N-]=[N+]=NC(=O)c1ccc(CN2CCOCC2)cc1. The Kier molecular flexibility index (Phi) is 4.30. The van der Waals surface area contributed by atoms with Crippen LogP contribution in [0.15, 0.2) is 29.4 Å². The van der Waals surface area contributed by atoms with Gasteiger partial charge in [0.05, 0.1) is 13.2 Å². The second kappa shape index (κ2) is 6.16. The summed E-state index contributed by atoms with van der Waals surface area (Å²) in [5.41, 5.74) is 9.74. The van der Waals surface area contributed by atoms with Crippen molar-refractivity contribution in [3.05, 3.63) is 45.8 Å². The Morgan fingerprint density at radius 1 is 1.33 bits per heavy atom. The van der Waals surface area contributed by atoms with Crippen LogP contribution in [0.25, 0.3) is 10.4 Å². The van der Waals surface area contributed by atoms with Gasteiger partial charge in [-0.15, -0.1) is 0 Å². The Morgan fingerprint density at radius 2 is 2.00 bits per heavy atom. The van der Waals surface area contributed by atoms with E-state index >= 15 is 0 Å². The summed E-state index contributed by atoms with van der Waals surface area (Å²) >= 11 is 0. The molecule has 0 aromatic heterocycles. The predicted octanol–water partition coefficient (Wildman–Crippen LogP) is 1.97. The third-order valence-corrected chi connectivity index (χ3v) is 2.85. The van der Waals surface area contributed by atoms with E-state index in [1.165, 1.54) is 0 Å². The number of azide groups is 1. The van der Waals surface area contributed by atoms with Crippen molar-refractivity contribution in [2.24, 2.45) is 5.11 Å². The quantitative estimate of drug-likeness (QED) is 0.464. The molecule has 0 atom stereocenters. The van der Waals surface area contributed by atoms with E-state index in [0.29, 0.717) is 5.56 Å². The monoisotopic (exact) mass is 246 g/mol. The van der Waals surface area contributed by atoms with Crippen molar-refractivity contribution in [2.75, 3.05) is 26.3 Å². The fourth-order valence-corrected chi connectivity index (χ4v) is 1.87. The smallest absolute Gasteiger partial charge is 0.249 e. The lowest BCUT2D eigenvalue weighted by atomic mass is 10.1. The zero-order valence-electron chi connectivity index (χ0n) is 9.95. The van der Waals surface area contributed by atoms with Gasteiger partial charge in [0, 0.05) is 30.1 Å². The third kappa shape index (κ3) is 3.30. The zero-order valence-corrected chi connectivity index (χ0v) is 9.95. The fourth-order valence-electron chi connectivity index (χ4n) is 1.87. The number of carbonyl (C=O) groups is 1. The van der Waals surface area contributed by atoms with E-state index in [2.05, 4.69) is 14.9 Å². The molecule has 6 nitrogen and oxygen atoms in total. The van der Waals surface area contributed by atoms with Gasteiger partial charge >= 0.3 is 0 Å². The van der Waals surface area contributed by atoms with Crippen molar-refractivity contribution >= 4 is 5.91 Å². The number of morpholine rings is 1. The van der Waals surface area contributed by atoms with Crippen LogP contribution in [0.3, 0.4) is 0 Å². The molecule has 6 heteroatoms. The molecule has 1 amide bonds. The minimum atomic E-state index is -0.546. The van der Waals surface area contributed by atoms with Gasteiger partial charge in [0.25, 0.3) is 0 Å². The first-order chi connectivity index (χ1) is 8.79. The first kappa shape index (κ1) is 12.6. The topological polar surface area (TPSA) is 78.3 Å². The number of carbonyl (C=O) groups excluding carboxylic acids is 1. The molecule has 2 rings (SSSR count). The van der Waals surface area contributed by atoms with Gasteiger partial charge in [0.15, 0.2) is 0 Å². The summed E-state index contributed by atoms with van der Waals surface area (Å²) in [4.78, 5) is 16.1. The second-order valence-corrected chi connectivity index (χ2v) is 4.08. The third-order valence-electron chi connectivity index (χ3n) is 2.85. The van der Waals surface area contributed by atoms with Crippen molar-refractivity contribution in [2.45, 2.75) is 6.54 Å². The standard InChI is InChI=1S/C12H14N4O2/c13-15-14-12(17)11-3-1-10(2-4-11)9-16-5-7-18-8-6-16/h1-4H,5-9H2. The predicted molar refractivity (Wildman–Crippen MR) is 66.0 cm³/mol. The summed E-state index contributed by atoms with van der Waals surface area (Å²) in [6.07, 6.45) is 0. The maximum atomic E-state index is 11.3. The number of benzene rings is 1. The largest absolute Gasteiger partial charge is 0.379 e. The lowest BCUT2D eigenvalue weighted by Gasteiger charge is -2.26. The lowest BCUT2D eigenvalue weighted by Crippen LogP contribution is -2.35. The van der Waals surface area contributed by atoms with E-state index in [0.717, 1.165) is 38.4 Å². The molecule has 1 aliphatic heterocycles. The van der Waals surface area contributed by atoms with Crippen LogP contribution in [0, 0.1) is 0 Å². The summed E-state index contributed by atoms with van der Waals surface area (Å²) in [5.74, 6) is -0.546. The van der Waals surface area contributed by atoms with E-state index in [4.69, 9.17) is 10.3 Å². The number of hydrogen-bond acceptors (Lipinski definition) is 3. The molecule has 94 valence electrons. The van der Waals surface area contributed by atoms with Crippen LogP contribution in [0.5, 0.6) is 0 Å². The molecule has 0 unspecified atom stereocenters. The average molecular weight is 246 g/mol. The van der Waals surface area contributed by atoms with Gasteiger partial charge in [0.1, 0.15) is 0 Å². The van der Waals surface area contributed by atoms with Crippen molar-refractivity contribution in [1.82, 2.24) is 4.90 Å². The molecular formula is C12H14N4O2. The van der Waals surface area contributed by atoms with Crippen LogP contribution in [0.2, 0.25) is 0 Å².